The van der Waals surface area contributed by atoms with E-state index in [-0.39, 0.29) is 6.04 Å². The molecule has 2 nitrogen and oxygen atoms in total. The summed E-state index contributed by atoms with van der Waals surface area (Å²) in [4.78, 5) is 0. The fourth-order valence-corrected chi connectivity index (χ4v) is 2.87. The predicted molar refractivity (Wildman–Crippen MR) is 82.9 cm³/mol. The van der Waals surface area contributed by atoms with Gasteiger partial charge in [-0.15, -0.1) is 0 Å². The maximum atomic E-state index is 6.31. The van der Waals surface area contributed by atoms with E-state index in [0.717, 1.165) is 15.6 Å². The van der Waals surface area contributed by atoms with Crippen LogP contribution < -0.4 is 10.5 Å². The molecule has 2 N–H and O–H groups in total. The zero-order valence-electron chi connectivity index (χ0n) is 10.8. The number of rotatable bonds is 3. The van der Waals surface area contributed by atoms with E-state index in [2.05, 4.69) is 22.0 Å². The first kappa shape index (κ1) is 14.4. The third-order valence-corrected chi connectivity index (χ3v) is 4.02. The summed E-state index contributed by atoms with van der Waals surface area (Å²) in [6, 6.07) is 11.5. The van der Waals surface area contributed by atoms with Crippen molar-refractivity contribution in [1.29, 1.82) is 0 Å². The Bertz CT molecular complexity index is 601. The molecule has 0 spiro atoms. The number of hydrogen-bond acceptors (Lipinski definition) is 2. The average Bonchev–Trinajstić information content (AvgIpc) is 2.38. The van der Waals surface area contributed by atoms with Gasteiger partial charge in [0.15, 0.2) is 0 Å². The van der Waals surface area contributed by atoms with Gasteiger partial charge in [-0.05, 0) is 41.8 Å². The number of halogens is 2. The molecule has 2 aromatic carbocycles. The molecule has 0 heterocycles. The number of aryl methyl sites for hydroxylation is 1. The fourth-order valence-electron chi connectivity index (χ4n) is 1.93. The van der Waals surface area contributed by atoms with Crippen molar-refractivity contribution in [3.8, 4) is 5.75 Å². The highest BCUT2D eigenvalue weighted by Crippen LogP contribution is 2.32. The van der Waals surface area contributed by atoms with Crippen molar-refractivity contribution >= 4 is 27.5 Å². The lowest BCUT2D eigenvalue weighted by atomic mass is 9.98. The maximum absolute atomic E-state index is 6.31. The smallest absolute Gasteiger partial charge is 0.137 e. The van der Waals surface area contributed by atoms with Crippen LogP contribution in [0.15, 0.2) is 40.9 Å². The van der Waals surface area contributed by atoms with E-state index >= 15 is 0 Å². The normalized spacial score (nSPS) is 12.3. The average molecular weight is 341 g/mol. The van der Waals surface area contributed by atoms with Gasteiger partial charge < -0.3 is 10.5 Å². The molecule has 0 saturated carbocycles. The lowest BCUT2D eigenvalue weighted by Crippen LogP contribution is -2.12. The van der Waals surface area contributed by atoms with Crippen molar-refractivity contribution in [2.24, 2.45) is 5.73 Å². The Balaban J connectivity index is 2.40. The van der Waals surface area contributed by atoms with Crippen LogP contribution in [-0.2, 0) is 0 Å². The van der Waals surface area contributed by atoms with E-state index in [9.17, 15) is 0 Å². The van der Waals surface area contributed by atoms with Gasteiger partial charge in [0, 0.05) is 4.47 Å². The molecule has 0 bridgehead atoms. The second-order valence-corrected chi connectivity index (χ2v) is 5.66. The largest absolute Gasteiger partial charge is 0.495 e. The lowest BCUT2D eigenvalue weighted by Gasteiger charge is -2.16. The molecular formula is C15H15BrClNO. The Hall–Kier alpha value is -1.03. The predicted octanol–water partition coefficient (Wildman–Crippen LogP) is 4.47. The molecule has 0 aliphatic heterocycles. The summed E-state index contributed by atoms with van der Waals surface area (Å²) in [6.45, 7) is 2.05. The first-order chi connectivity index (χ1) is 9.02. The van der Waals surface area contributed by atoms with Crippen molar-refractivity contribution in [3.05, 3.63) is 62.6 Å². The van der Waals surface area contributed by atoms with E-state index in [1.54, 1.807) is 13.2 Å². The SMILES string of the molecule is COc1cc(C(N)c2ccc(C)cc2Br)ccc1Cl. The summed E-state index contributed by atoms with van der Waals surface area (Å²) in [7, 11) is 1.60. The molecule has 0 radical (unpaired) electrons. The molecule has 0 fully saturated rings. The van der Waals surface area contributed by atoms with Crippen LogP contribution in [0.5, 0.6) is 5.75 Å². The van der Waals surface area contributed by atoms with Gasteiger partial charge in [-0.2, -0.15) is 0 Å². The lowest BCUT2D eigenvalue weighted by molar-refractivity contribution is 0.414. The van der Waals surface area contributed by atoms with Crippen LogP contribution in [0.3, 0.4) is 0 Å². The van der Waals surface area contributed by atoms with E-state index in [1.165, 1.54) is 5.56 Å². The molecule has 0 aliphatic carbocycles. The van der Waals surface area contributed by atoms with Crippen molar-refractivity contribution in [1.82, 2.24) is 0 Å². The van der Waals surface area contributed by atoms with E-state index in [1.807, 2.05) is 31.2 Å². The molecule has 0 aliphatic rings. The van der Waals surface area contributed by atoms with Gasteiger partial charge in [0.05, 0.1) is 18.2 Å². The summed E-state index contributed by atoms with van der Waals surface area (Å²) >= 11 is 9.58. The van der Waals surface area contributed by atoms with Gasteiger partial charge in [-0.25, -0.2) is 0 Å². The zero-order chi connectivity index (χ0) is 14.0. The van der Waals surface area contributed by atoms with Gasteiger partial charge in [0.2, 0.25) is 0 Å². The summed E-state index contributed by atoms with van der Waals surface area (Å²) in [5, 5.41) is 0.585. The van der Waals surface area contributed by atoms with Crippen molar-refractivity contribution < 1.29 is 4.74 Å². The summed E-state index contributed by atoms with van der Waals surface area (Å²) in [6.07, 6.45) is 0. The van der Waals surface area contributed by atoms with Gasteiger partial charge in [-0.3, -0.25) is 0 Å². The van der Waals surface area contributed by atoms with E-state index < -0.39 is 0 Å². The van der Waals surface area contributed by atoms with Crippen molar-refractivity contribution in [2.45, 2.75) is 13.0 Å². The Morgan fingerprint density at radius 3 is 2.58 bits per heavy atom. The number of ether oxygens (including phenoxy) is 1. The second kappa shape index (κ2) is 5.95. The van der Waals surface area contributed by atoms with Crippen LogP contribution >= 0.6 is 27.5 Å². The van der Waals surface area contributed by atoms with Gasteiger partial charge in [0.1, 0.15) is 5.75 Å². The van der Waals surface area contributed by atoms with Crippen molar-refractivity contribution in [3.63, 3.8) is 0 Å². The number of methoxy groups -OCH3 is 1. The monoisotopic (exact) mass is 339 g/mol. The molecule has 100 valence electrons. The van der Waals surface area contributed by atoms with E-state index in [0.29, 0.717) is 10.8 Å². The highest BCUT2D eigenvalue weighted by molar-refractivity contribution is 9.10. The zero-order valence-corrected chi connectivity index (χ0v) is 13.1. The van der Waals surface area contributed by atoms with Gasteiger partial charge in [0.25, 0.3) is 0 Å². The quantitative estimate of drug-likeness (QED) is 0.895. The Morgan fingerprint density at radius 2 is 1.95 bits per heavy atom. The van der Waals surface area contributed by atoms with Crippen LogP contribution in [0.2, 0.25) is 5.02 Å². The standard InChI is InChI=1S/C15H15BrClNO/c1-9-3-5-11(12(16)7-9)15(18)10-4-6-13(17)14(8-10)19-2/h3-8,15H,18H2,1-2H3. The summed E-state index contributed by atoms with van der Waals surface area (Å²) in [5.74, 6) is 0.637. The first-order valence-electron chi connectivity index (χ1n) is 5.88. The van der Waals surface area contributed by atoms with Crippen LogP contribution in [0.1, 0.15) is 22.7 Å². The van der Waals surface area contributed by atoms with Gasteiger partial charge in [-0.1, -0.05) is 45.7 Å². The van der Waals surface area contributed by atoms with Crippen LogP contribution in [-0.4, -0.2) is 7.11 Å². The fraction of sp³-hybridized carbons (Fsp3) is 0.200. The molecular weight excluding hydrogens is 326 g/mol. The van der Waals surface area contributed by atoms with Crippen molar-refractivity contribution in [2.75, 3.05) is 7.11 Å². The van der Waals surface area contributed by atoms with E-state index in [4.69, 9.17) is 22.1 Å². The highest BCUT2D eigenvalue weighted by Gasteiger charge is 2.14. The number of benzene rings is 2. The Morgan fingerprint density at radius 1 is 1.21 bits per heavy atom. The summed E-state index contributed by atoms with van der Waals surface area (Å²) < 4.78 is 6.23. The number of hydrogen-bond donors (Lipinski definition) is 1. The molecule has 0 amide bonds. The minimum absolute atomic E-state index is 0.221. The Labute approximate surface area is 126 Å². The minimum Gasteiger partial charge on any atom is -0.495 e. The topological polar surface area (TPSA) is 35.2 Å². The third kappa shape index (κ3) is 3.11. The molecule has 2 rings (SSSR count). The maximum Gasteiger partial charge on any atom is 0.137 e. The molecule has 0 saturated heterocycles. The number of nitrogens with two attached hydrogens (primary N) is 1. The molecule has 19 heavy (non-hydrogen) atoms. The third-order valence-electron chi connectivity index (χ3n) is 3.03. The molecule has 0 aromatic heterocycles. The minimum atomic E-state index is -0.221. The highest BCUT2D eigenvalue weighted by atomic mass is 79.9. The van der Waals surface area contributed by atoms with Crippen LogP contribution in [0.25, 0.3) is 0 Å². The molecule has 1 unspecified atom stereocenters. The first-order valence-corrected chi connectivity index (χ1v) is 7.05. The van der Waals surface area contributed by atoms with Crippen LogP contribution in [0, 0.1) is 6.92 Å². The van der Waals surface area contributed by atoms with Gasteiger partial charge >= 0.3 is 0 Å². The molecule has 1 atom stereocenters. The Kier molecular flexibility index (Phi) is 4.50. The molecule has 4 heteroatoms. The van der Waals surface area contributed by atoms with Crippen LogP contribution in [0.4, 0.5) is 0 Å². The second-order valence-electron chi connectivity index (χ2n) is 4.40. The summed E-state index contributed by atoms with van der Waals surface area (Å²) in [5.41, 5.74) is 9.50. The molecule has 2 aromatic rings.